The van der Waals surface area contributed by atoms with E-state index in [0.29, 0.717) is 12.5 Å². The van der Waals surface area contributed by atoms with E-state index in [1.54, 1.807) is 0 Å². The van der Waals surface area contributed by atoms with Gasteiger partial charge in [0.1, 0.15) is 0 Å². The second-order valence-electron chi connectivity index (χ2n) is 3.60. The zero-order valence-electron chi connectivity index (χ0n) is 9.08. The van der Waals surface area contributed by atoms with E-state index in [4.69, 9.17) is 10.5 Å². The summed E-state index contributed by atoms with van der Waals surface area (Å²) in [5, 5.41) is 0. The zero-order chi connectivity index (χ0) is 11.1. The highest BCUT2D eigenvalue weighted by Crippen LogP contribution is 2.15. The molecular weight excluding hydrogens is 254 g/mol. The van der Waals surface area contributed by atoms with E-state index in [0.717, 1.165) is 24.1 Å². The van der Waals surface area contributed by atoms with Crippen molar-refractivity contribution < 1.29 is 4.74 Å². The molecule has 0 aliphatic rings. The fraction of sp³-hybridized carbons (Fsp3) is 0.500. The van der Waals surface area contributed by atoms with Gasteiger partial charge >= 0.3 is 0 Å². The van der Waals surface area contributed by atoms with Gasteiger partial charge in [0.05, 0.1) is 6.61 Å². The third kappa shape index (κ3) is 4.78. The lowest BCUT2D eigenvalue weighted by Gasteiger charge is -2.14. The number of ether oxygens (including phenoxy) is 1. The highest BCUT2D eigenvalue weighted by Gasteiger charge is 2.07. The third-order valence-electron chi connectivity index (χ3n) is 2.30. The third-order valence-corrected chi connectivity index (χ3v) is 2.80. The first kappa shape index (κ1) is 12.7. The molecule has 0 saturated carbocycles. The molecule has 2 N–H and O–H groups in total. The van der Waals surface area contributed by atoms with Gasteiger partial charge in [-0.15, -0.1) is 0 Å². The normalized spacial score (nSPS) is 12.7. The van der Waals surface area contributed by atoms with Crippen molar-refractivity contribution in [3.8, 4) is 0 Å². The summed E-state index contributed by atoms with van der Waals surface area (Å²) in [6, 6.07) is 8.34. The van der Waals surface area contributed by atoms with E-state index in [-0.39, 0.29) is 0 Å². The highest BCUT2D eigenvalue weighted by molar-refractivity contribution is 9.10. The van der Waals surface area contributed by atoms with Crippen molar-refractivity contribution in [2.24, 2.45) is 11.7 Å². The maximum Gasteiger partial charge on any atom is 0.0509 e. The first-order valence-corrected chi connectivity index (χ1v) is 6.07. The Bertz CT molecular complexity index is 291. The Balaban J connectivity index is 2.50. The largest absolute Gasteiger partial charge is 0.381 e. The van der Waals surface area contributed by atoms with Crippen molar-refractivity contribution in [2.45, 2.75) is 13.3 Å². The highest BCUT2D eigenvalue weighted by atomic mass is 79.9. The SMILES string of the molecule is CCOCC(CN)Cc1cccc(Br)c1. The molecule has 3 heteroatoms. The van der Waals surface area contributed by atoms with Gasteiger partial charge in [-0.3, -0.25) is 0 Å². The maximum atomic E-state index is 5.71. The second-order valence-corrected chi connectivity index (χ2v) is 4.51. The maximum absolute atomic E-state index is 5.71. The summed E-state index contributed by atoms with van der Waals surface area (Å²) >= 11 is 3.46. The number of hydrogen-bond acceptors (Lipinski definition) is 2. The Hall–Kier alpha value is -0.380. The summed E-state index contributed by atoms with van der Waals surface area (Å²) in [5.74, 6) is 0.416. The van der Waals surface area contributed by atoms with Crippen LogP contribution in [0.25, 0.3) is 0 Å². The Morgan fingerprint density at radius 3 is 2.87 bits per heavy atom. The molecule has 2 nitrogen and oxygen atoms in total. The fourth-order valence-corrected chi connectivity index (χ4v) is 1.94. The summed E-state index contributed by atoms with van der Waals surface area (Å²) in [7, 11) is 0. The molecule has 0 saturated heterocycles. The smallest absolute Gasteiger partial charge is 0.0509 e. The average Bonchev–Trinajstić information content (AvgIpc) is 2.24. The minimum atomic E-state index is 0.416. The molecule has 1 unspecified atom stereocenters. The molecule has 0 amide bonds. The van der Waals surface area contributed by atoms with Crippen LogP contribution >= 0.6 is 15.9 Å². The molecule has 1 aromatic rings. The summed E-state index contributed by atoms with van der Waals surface area (Å²) < 4.78 is 6.52. The average molecular weight is 272 g/mol. The van der Waals surface area contributed by atoms with Crippen molar-refractivity contribution in [1.82, 2.24) is 0 Å². The lowest BCUT2D eigenvalue weighted by Crippen LogP contribution is -2.22. The number of halogens is 1. The Morgan fingerprint density at radius 1 is 1.47 bits per heavy atom. The minimum Gasteiger partial charge on any atom is -0.381 e. The van der Waals surface area contributed by atoms with Crippen LogP contribution in [0.15, 0.2) is 28.7 Å². The van der Waals surface area contributed by atoms with E-state index in [1.165, 1.54) is 5.56 Å². The molecule has 1 rings (SSSR count). The van der Waals surface area contributed by atoms with Crippen molar-refractivity contribution in [2.75, 3.05) is 19.8 Å². The standard InChI is InChI=1S/C12H18BrNO/c1-2-15-9-11(8-14)6-10-4-3-5-12(13)7-10/h3-5,7,11H,2,6,8-9,14H2,1H3. The Kier molecular flexibility index (Phi) is 5.91. The van der Waals surface area contributed by atoms with Crippen LogP contribution in [0.3, 0.4) is 0 Å². The van der Waals surface area contributed by atoms with E-state index in [1.807, 2.05) is 19.1 Å². The quantitative estimate of drug-likeness (QED) is 0.864. The first-order chi connectivity index (χ1) is 7.26. The molecule has 0 aliphatic carbocycles. The van der Waals surface area contributed by atoms with E-state index < -0.39 is 0 Å². The second kappa shape index (κ2) is 6.99. The molecule has 0 aliphatic heterocycles. The van der Waals surface area contributed by atoms with Gasteiger partial charge in [-0.05, 0) is 43.5 Å². The van der Waals surface area contributed by atoms with Crippen molar-refractivity contribution in [3.05, 3.63) is 34.3 Å². The fourth-order valence-electron chi connectivity index (χ4n) is 1.49. The molecule has 15 heavy (non-hydrogen) atoms. The van der Waals surface area contributed by atoms with Gasteiger partial charge in [-0.2, -0.15) is 0 Å². The minimum absolute atomic E-state index is 0.416. The monoisotopic (exact) mass is 271 g/mol. The number of hydrogen-bond donors (Lipinski definition) is 1. The van der Waals surface area contributed by atoms with Crippen molar-refractivity contribution >= 4 is 15.9 Å². The number of rotatable bonds is 6. The predicted molar refractivity (Wildman–Crippen MR) is 66.9 cm³/mol. The molecule has 0 fully saturated rings. The van der Waals surface area contributed by atoms with Gasteiger partial charge in [-0.25, -0.2) is 0 Å². The van der Waals surface area contributed by atoms with Crippen molar-refractivity contribution in [1.29, 1.82) is 0 Å². The lowest BCUT2D eigenvalue weighted by molar-refractivity contribution is 0.113. The van der Waals surface area contributed by atoms with Crippen LogP contribution in [0.4, 0.5) is 0 Å². The molecule has 0 radical (unpaired) electrons. The van der Waals surface area contributed by atoms with Gasteiger partial charge in [0.2, 0.25) is 0 Å². The zero-order valence-corrected chi connectivity index (χ0v) is 10.7. The Labute approximate surface area is 99.9 Å². The van der Waals surface area contributed by atoms with Gasteiger partial charge < -0.3 is 10.5 Å². The molecule has 0 bridgehead atoms. The molecule has 1 aromatic carbocycles. The molecular formula is C12H18BrNO. The van der Waals surface area contributed by atoms with Crippen molar-refractivity contribution in [3.63, 3.8) is 0 Å². The predicted octanol–water partition coefficient (Wildman–Crippen LogP) is 2.60. The van der Waals surface area contributed by atoms with Crippen LogP contribution in [-0.2, 0) is 11.2 Å². The molecule has 84 valence electrons. The van der Waals surface area contributed by atoms with Crippen LogP contribution in [0, 0.1) is 5.92 Å². The van der Waals surface area contributed by atoms with Crippen LogP contribution < -0.4 is 5.73 Å². The first-order valence-electron chi connectivity index (χ1n) is 5.28. The van der Waals surface area contributed by atoms with Gasteiger partial charge in [-0.1, -0.05) is 28.1 Å². The lowest BCUT2D eigenvalue weighted by atomic mass is 10.0. The summed E-state index contributed by atoms with van der Waals surface area (Å²) in [5.41, 5.74) is 7.01. The van der Waals surface area contributed by atoms with Crippen LogP contribution in [0.1, 0.15) is 12.5 Å². The van der Waals surface area contributed by atoms with Gasteiger partial charge in [0.15, 0.2) is 0 Å². The Morgan fingerprint density at radius 2 is 2.27 bits per heavy atom. The summed E-state index contributed by atoms with van der Waals surface area (Å²) in [6.45, 7) is 4.19. The van der Waals surface area contributed by atoms with Crippen LogP contribution in [0.2, 0.25) is 0 Å². The topological polar surface area (TPSA) is 35.2 Å². The van der Waals surface area contributed by atoms with E-state index >= 15 is 0 Å². The van der Waals surface area contributed by atoms with Gasteiger partial charge in [0, 0.05) is 11.1 Å². The molecule has 0 heterocycles. The van der Waals surface area contributed by atoms with E-state index in [9.17, 15) is 0 Å². The van der Waals surface area contributed by atoms with Crippen LogP contribution in [0.5, 0.6) is 0 Å². The number of benzene rings is 1. The molecule has 1 atom stereocenters. The number of nitrogens with two attached hydrogens (primary N) is 1. The molecule has 0 aromatic heterocycles. The molecule has 0 spiro atoms. The summed E-state index contributed by atoms with van der Waals surface area (Å²) in [6.07, 6.45) is 0.982. The summed E-state index contributed by atoms with van der Waals surface area (Å²) in [4.78, 5) is 0. The van der Waals surface area contributed by atoms with Crippen LogP contribution in [-0.4, -0.2) is 19.8 Å². The van der Waals surface area contributed by atoms with Gasteiger partial charge in [0.25, 0.3) is 0 Å². The van der Waals surface area contributed by atoms with E-state index in [2.05, 4.69) is 28.1 Å².